The van der Waals surface area contributed by atoms with E-state index >= 15 is 0 Å². The first-order valence-corrected chi connectivity index (χ1v) is 3.24. The van der Waals surface area contributed by atoms with Gasteiger partial charge in [-0.3, -0.25) is 0 Å². The summed E-state index contributed by atoms with van der Waals surface area (Å²) in [5.74, 6) is 0.660. The quantitative estimate of drug-likeness (QED) is 0.552. The molecule has 0 aromatic heterocycles. The van der Waals surface area contributed by atoms with E-state index in [4.69, 9.17) is 5.11 Å². The van der Waals surface area contributed by atoms with Gasteiger partial charge in [0.1, 0.15) is 0 Å². The summed E-state index contributed by atoms with van der Waals surface area (Å²) in [5.41, 5.74) is 1.27. The fourth-order valence-corrected chi connectivity index (χ4v) is 1.17. The molecule has 0 spiro atoms. The Morgan fingerprint density at radius 2 is 2.25 bits per heavy atom. The zero-order chi connectivity index (χ0) is 5.98. The van der Waals surface area contributed by atoms with Crippen LogP contribution in [0.5, 0.6) is 0 Å². The van der Waals surface area contributed by atoms with Crippen molar-refractivity contribution < 1.29 is 5.11 Å². The van der Waals surface area contributed by atoms with E-state index in [0.29, 0.717) is 5.76 Å². The van der Waals surface area contributed by atoms with E-state index in [1.165, 1.54) is 5.57 Å². The van der Waals surface area contributed by atoms with Gasteiger partial charge in [-0.1, -0.05) is 6.92 Å². The van der Waals surface area contributed by atoms with Gasteiger partial charge in [0.2, 0.25) is 0 Å². The van der Waals surface area contributed by atoms with Crippen LogP contribution in [0.15, 0.2) is 11.3 Å². The van der Waals surface area contributed by atoms with Crippen molar-refractivity contribution in [3.8, 4) is 0 Å². The van der Waals surface area contributed by atoms with Crippen molar-refractivity contribution in [1.82, 2.24) is 0 Å². The Labute approximate surface area is 50.0 Å². The number of aliphatic hydroxyl groups excluding tert-OH is 1. The summed E-state index contributed by atoms with van der Waals surface area (Å²) in [7, 11) is 0. The summed E-state index contributed by atoms with van der Waals surface area (Å²) in [6, 6.07) is 0. The number of rotatable bonds is 1. The van der Waals surface area contributed by atoms with Crippen LogP contribution in [0.3, 0.4) is 0 Å². The lowest BCUT2D eigenvalue weighted by Gasteiger charge is -1.93. The summed E-state index contributed by atoms with van der Waals surface area (Å²) >= 11 is 0. The molecular formula is C7H12O. The van der Waals surface area contributed by atoms with Gasteiger partial charge in [-0.2, -0.15) is 0 Å². The SMILES string of the molecule is CCC1=C(O)CCC1. The minimum absolute atomic E-state index is 0.660. The minimum Gasteiger partial charge on any atom is -0.512 e. The van der Waals surface area contributed by atoms with Crippen LogP contribution in [0.25, 0.3) is 0 Å². The molecule has 0 aliphatic heterocycles. The van der Waals surface area contributed by atoms with Gasteiger partial charge in [0.25, 0.3) is 0 Å². The molecule has 0 heterocycles. The largest absolute Gasteiger partial charge is 0.512 e. The van der Waals surface area contributed by atoms with E-state index in [1.807, 2.05) is 0 Å². The molecule has 0 amide bonds. The van der Waals surface area contributed by atoms with Crippen molar-refractivity contribution in [2.45, 2.75) is 32.6 Å². The first-order valence-electron chi connectivity index (χ1n) is 3.24. The molecule has 46 valence electrons. The predicted octanol–water partition coefficient (Wildman–Crippen LogP) is 2.39. The van der Waals surface area contributed by atoms with Crippen LogP contribution in [0.1, 0.15) is 32.6 Å². The van der Waals surface area contributed by atoms with Crippen LogP contribution < -0.4 is 0 Å². The van der Waals surface area contributed by atoms with E-state index in [1.54, 1.807) is 0 Å². The van der Waals surface area contributed by atoms with Crippen LogP contribution in [-0.2, 0) is 0 Å². The molecule has 0 aromatic rings. The Morgan fingerprint density at radius 3 is 2.50 bits per heavy atom. The molecule has 0 unspecified atom stereocenters. The summed E-state index contributed by atoms with van der Waals surface area (Å²) in [5, 5.41) is 9.07. The van der Waals surface area contributed by atoms with Crippen molar-refractivity contribution >= 4 is 0 Å². The number of hydrogen-bond acceptors (Lipinski definition) is 1. The van der Waals surface area contributed by atoms with Gasteiger partial charge >= 0.3 is 0 Å². The molecule has 8 heavy (non-hydrogen) atoms. The van der Waals surface area contributed by atoms with E-state index in [-0.39, 0.29) is 0 Å². The summed E-state index contributed by atoms with van der Waals surface area (Å²) in [6.45, 7) is 2.09. The highest BCUT2D eigenvalue weighted by Gasteiger charge is 2.09. The van der Waals surface area contributed by atoms with Gasteiger partial charge in [-0.05, 0) is 24.8 Å². The lowest BCUT2D eigenvalue weighted by atomic mass is 10.2. The average molecular weight is 112 g/mol. The normalized spacial score (nSPS) is 20.1. The van der Waals surface area contributed by atoms with Crippen molar-refractivity contribution in [2.24, 2.45) is 0 Å². The third-order valence-corrected chi connectivity index (χ3v) is 1.73. The molecule has 0 bridgehead atoms. The molecule has 1 nitrogen and oxygen atoms in total. The fourth-order valence-electron chi connectivity index (χ4n) is 1.17. The highest BCUT2D eigenvalue weighted by Crippen LogP contribution is 2.25. The lowest BCUT2D eigenvalue weighted by Crippen LogP contribution is -1.77. The van der Waals surface area contributed by atoms with E-state index in [0.717, 1.165) is 25.7 Å². The average Bonchev–Trinajstić information content (AvgIpc) is 2.14. The van der Waals surface area contributed by atoms with Gasteiger partial charge in [-0.15, -0.1) is 0 Å². The lowest BCUT2D eigenvalue weighted by molar-refractivity contribution is 0.392. The van der Waals surface area contributed by atoms with Gasteiger partial charge in [-0.25, -0.2) is 0 Å². The van der Waals surface area contributed by atoms with Crippen LogP contribution in [-0.4, -0.2) is 5.11 Å². The maximum Gasteiger partial charge on any atom is 0.0914 e. The third kappa shape index (κ3) is 0.857. The Hall–Kier alpha value is -0.460. The molecule has 1 rings (SSSR count). The van der Waals surface area contributed by atoms with Gasteiger partial charge in [0.05, 0.1) is 5.76 Å². The fraction of sp³-hybridized carbons (Fsp3) is 0.714. The maximum absolute atomic E-state index is 9.07. The standard InChI is InChI=1S/C7H12O/c1-2-6-4-3-5-7(6)8/h8H,2-5H2,1H3. The van der Waals surface area contributed by atoms with Crippen LogP contribution in [0, 0.1) is 0 Å². The van der Waals surface area contributed by atoms with Crippen LogP contribution in [0.2, 0.25) is 0 Å². The molecular weight excluding hydrogens is 100 g/mol. The smallest absolute Gasteiger partial charge is 0.0914 e. The first kappa shape index (κ1) is 5.67. The maximum atomic E-state index is 9.07. The molecule has 0 radical (unpaired) electrons. The highest BCUT2D eigenvalue weighted by molar-refractivity contribution is 5.11. The molecule has 0 fully saturated rings. The second-order valence-electron chi connectivity index (χ2n) is 2.26. The molecule has 0 aromatic carbocycles. The van der Waals surface area contributed by atoms with Crippen molar-refractivity contribution in [2.75, 3.05) is 0 Å². The van der Waals surface area contributed by atoms with Gasteiger partial charge in [0.15, 0.2) is 0 Å². The monoisotopic (exact) mass is 112 g/mol. The molecule has 1 aliphatic carbocycles. The summed E-state index contributed by atoms with van der Waals surface area (Å²) in [6.07, 6.45) is 4.24. The molecule has 0 saturated carbocycles. The molecule has 0 atom stereocenters. The van der Waals surface area contributed by atoms with Crippen molar-refractivity contribution in [3.63, 3.8) is 0 Å². The third-order valence-electron chi connectivity index (χ3n) is 1.73. The molecule has 1 N–H and O–H groups in total. The van der Waals surface area contributed by atoms with Crippen molar-refractivity contribution in [1.29, 1.82) is 0 Å². The second-order valence-corrected chi connectivity index (χ2v) is 2.26. The van der Waals surface area contributed by atoms with Crippen LogP contribution in [0.4, 0.5) is 0 Å². The predicted molar refractivity (Wildman–Crippen MR) is 33.8 cm³/mol. The summed E-state index contributed by atoms with van der Waals surface area (Å²) < 4.78 is 0. The zero-order valence-corrected chi connectivity index (χ0v) is 5.28. The Morgan fingerprint density at radius 1 is 1.50 bits per heavy atom. The highest BCUT2D eigenvalue weighted by atomic mass is 16.3. The molecule has 0 saturated heterocycles. The van der Waals surface area contributed by atoms with E-state index in [9.17, 15) is 0 Å². The molecule has 1 aliphatic rings. The molecule has 1 heteroatoms. The Bertz CT molecular complexity index is 114. The summed E-state index contributed by atoms with van der Waals surface area (Å²) in [4.78, 5) is 0. The number of aliphatic hydroxyl groups is 1. The second kappa shape index (κ2) is 2.21. The first-order chi connectivity index (χ1) is 3.84. The number of allylic oxidation sites excluding steroid dienone is 2. The Kier molecular flexibility index (Phi) is 1.56. The minimum atomic E-state index is 0.660. The van der Waals surface area contributed by atoms with Gasteiger partial charge in [0, 0.05) is 6.42 Å². The van der Waals surface area contributed by atoms with Crippen molar-refractivity contribution in [3.05, 3.63) is 11.3 Å². The topological polar surface area (TPSA) is 20.2 Å². The van der Waals surface area contributed by atoms with E-state index < -0.39 is 0 Å². The van der Waals surface area contributed by atoms with Gasteiger partial charge < -0.3 is 5.11 Å². The Balaban J connectivity index is 2.58. The van der Waals surface area contributed by atoms with E-state index in [2.05, 4.69) is 6.92 Å². The zero-order valence-electron chi connectivity index (χ0n) is 5.28. The number of hydrogen-bond donors (Lipinski definition) is 1. The van der Waals surface area contributed by atoms with Crippen LogP contribution >= 0.6 is 0 Å².